The summed E-state index contributed by atoms with van der Waals surface area (Å²) < 4.78 is 28.9. The monoisotopic (exact) mass is 376 g/mol. The number of fused-ring (bicyclic) bond motifs is 1. The third-order valence-electron chi connectivity index (χ3n) is 5.03. The summed E-state index contributed by atoms with van der Waals surface area (Å²) in [6.07, 6.45) is 6.96. The van der Waals surface area contributed by atoms with Crippen LogP contribution in [-0.4, -0.2) is 49.9 Å². The number of rotatable bonds is 6. The molecule has 0 radical (unpaired) electrons. The average Bonchev–Trinajstić information content (AvgIpc) is 2.88. The van der Waals surface area contributed by atoms with Crippen LogP contribution in [0.5, 0.6) is 0 Å². The number of sulfonamides is 1. The van der Waals surface area contributed by atoms with Gasteiger partial charge in [-0.1, -0.05) is 18.6 Å². The highest BCUT2D eigenvalue weighted by molar-refractivity contribution is 7.89. The molecule has 1 aliphatic heterocycles. The van der Waals surface area contributed by atoms with Crippen molar-refractivity contribution in [1.29, 1.82) is 0 Å². The molecule has 0 amide bonds. The number of aromatic nitrogens is 1. The molecule has 2 heterocycles. The molecule has 3 rings (SSSR count). The first-order valence-corrected chi connectivity index (χ1v) is 10.8. The number of pyridine rings is 1. The van der Waals surface area contributed by atoms with E-state index in [9.17, 15) is 8.42 Å². The molecule has 0 unspecified atom stereocenters. The molecule has 0 bridgehead atoms. The SMILES string of the molecule is Cc1cncc2cccc(S(=O)(=O)N3CCCNC[C@@H]3CCCCN)c12. The minimum Gasteiger partial charge on any atom is -0.330 e. The molecule has 1 fully saturated rings. The van der Waals surface area contributed by atoms with Gasteiger partial charge in [-0.3, -0.25) is 4.98 Å². The van der Waals surface area contributed by atoms with E-state index >= 15 is 0 Å². The molecule has 3 N–H and O–H groups in total. The van der Waals surface area contributed by atoms with Crippen molar-refractivity contribution in [1.82, 2.24) is 14.6 Å². The Morgan fingerprint density at radius 2 is 2.15 bits per heavy atom. The van der Waals surface area contributed by atoms with Crippen LogP contribution >= 0.6 is 0 Å². The maximum Gasteiger partial charge on any atom is 0.243 e. The number of hydrogen-bond donors (Lipinski definition) is 2. The summed E-state index contributed by atoms with van der Waals surface area (Å²) in [4.78, 5) is 4.59. The molecule has 6 nitrogen and oxygen atoms in total. The summed E-state index contributed by atoms with van der Waals surface area (Å²) in [5.41, 5.74) is 6.50. The van der Waals surface area contributed by atoms with Gasteiger partial charge in [0, 0.05) is 42.3 Å². The predicted octanol–water partition coefficient (Wildman–Crippen LogP) is 2.02. The van der Waals surface area contributed by atoms with Gasteiger partial charge in [-0.15, -0.1) is 0 Å². The van der Waals surface area contributed by atoms with E-state index in [1.807, 2.05) is 13.0 Å². The highest BCUT2D eigenvalue weighted by atomic mass is 32.2. The van der Waals surface area contributed by atoms with Crippen LogP contribution in [0.15, 0.2) is 35.5 Å². The second-order valence-corrected chi connectivity index (χ2v) is 8.78. The zero-order valence-electron chi connectivity index (χ0n) is 15.3. The third kappa shape index (κ3) is 3.91. The third-order valence-corrected chi connectivity index (χ3v) is 7.03. The van der Waals surface area contributed by atoms with Gasteiger partial charge in [0.15, 0.2) is 0 Å². The van der Waals surface area contributed by atoms with Gasteiger partial charge in [-0.25, -0.2) is 8.42 Å². The Kier molecular flexibility index (Phi) is 6.24. The average molecular weight is 377 g/mol. The smallest absolute Gasteiger partial charge is 0.243 e. The predicted molar refractivity (Wildman–Crippen MR) is 105 cm³/mol. The fourth-order valence-electron chi connectivity index (χ4n) is 3.71. The quantitative estimate of drug-likeness (QED) is 0.753. The lowest BCUT2D eigenvalue weighted by Crippen LogP contribution is -2.43. The molecule has 1 aromatic heterocycles. The molecular weight excluding hydrogens is 348 g/mol. The van der Waals surface area contributed by atoms with Crippen molar-refractivity contribution in [2.45, 2.75) is 43.5 Å². The Bertz CT molecular complexity index is 848. The molecule has 26 heavy (non-hydrogen) atoms. The van der Waals surface area contributed by atoms with Gasteiger partial charge in [-0.05, 0) is 50.9 Å². The van der Waals surface area contributed by atoms with Gasteiger partial charge in [0.05, 0.1) is 4.90 Å². The van der Waals surface area contributed by atoms with Crippen molar-refractivity contribution < 1.29 is 8.42 Å². The Hall–Kier alpha value is -1.54. The molecule has 1 saturated heterocycles. The Labute approximate surface area is 155 Å². The molecule has 2 aromatic rings. The summed E-state index contributed by atoms with van der Waals surface area (Å²) in [7, 11) is -3.59. The summed E-state index contributed by atoms with van der Waals surface area (Å²) in [5.74, 6) is 0. The van der Waals surface area contributed by atoms with Crippen molar-refractivity contribution in [3.63, 3.8) is 0 Å². The molecular formula is C19H28N4O2S. The van der Waals surface area contributed by atoms with Crippen LogP contribution < -0.4 is 11.1 Å². The summed E-state index contributed by atoms with van der Waals surface area (Å²) in [6, 6.07) is 5.40. The van der Waals surface area contributed by atoms with E-state index < -0.39 is 10.0 Å². The highest BCUT2D eigenvalue weighted by Gasteiger charge is 2.33. The van der Waals surface area contributed by atoms with Gasteiger partial charge in [0.2, 0.25) is 10.0 Å². The summed E-state index contributed by atoms with van der Waals surface area (Å²) in [5, 5.41) is 5.02. The Morgan fingerprint density at radius 3 is 2.96 bits per heavy atom. The number of benzene rings is 1. The van der Waals surface area contributed by atoms with Crippen molar-refractivity contribution in [2.75, 3.05) is 26.2 Å². The van der Waals surface area contributed by atoms with Gasteiger partial charge in [0.25, 0.3) is 0 Å². The zero-order chi connectivity index (χ0) is 18.6. The number of nitrogens with two attached hydrogens (primary N) is 1. The molecule has 0 spiro atoms. The molecule has 1 atom stereocenters. The minimum absolute atomic E-state index is 0.0357. The highest BCUT2D eigenvalue weighted by Crippen LogP contribution is 2.30. The standard InChI is InChI=1S/C19H28N4O2S/c1-15-12-22-13-16-6-4-8-18(19(15)16)26(24,25)23-11-5-10-21-14-17(23)7-2-3-9-20/h4,6,8,12-13,17,21H,2-3,5,7,9-11,14,20H2,1H3/t17-/m0/s1. The van der Waals surface area contributed by atoms with Crippen LogP contribution in [0.4, 0.5) is 0 Å². The van der Waals surface area contributed by atoms with E-state index in [-0.39, 0.29) is 6.04 Å². The van der Waals surface area contributed by atoms with Gasteiger partial charge >= 0.3 is 0 Å². The minimum atomic E-state index is -3.59. The zero-order valence-corrected chi connectivity index (χ0v) is 16.1. The Morgan fingerprint density at radius 1 is 1.31 bits per heavy atom. The molecule has 7 heteroatoms. The van der Waals surface area contributed by atoms with E-state index in [0.717, 1.165) is 48.6 Å². The van der Waals surface area contributed by atoms with Gasteiger partial charge in [-0.2, -0.15) is 4.31 Å². The first-order valence-electron chi connectivity index (χ1n) is 9.31. The fourth-order valence-corrected chi connectivity index (χ4v) is 5.69. The van der Waals surface area contributed by atoms with Gasteiger partial charge < -0.3 is 11.1 Å². The van der Waals surface area contributed by atoms with E-state index in [0.29, 0.717) is 24.5 Å². The summed E-state index contributed by atoms with van der Waals surface area (Å²) in [6.45, 7) is 4.63. The summed E-state index contributed by atoms with van der Waals surface area (Å²) >= 11 is 0. The Balaban J connectivity index is 2.02. The maximum atomic E-state index is 13.6. The fraction of sp³-hybridized carbons (Fsp3) is 0.526. The van der Waals surface area contributed by atoms with Crippen LogP contribution in [0.1, 0.15) is 31.2 Å². The topological polar surface area (TPSA) is 88.3 Å². The lowest BCUT2D eigenvalue weighted by molar-refractivity contribution is 0.313. The molecule has 142 valence electrons. The lowest BCUT2D eigenvalue weighted by Gasteiger charge is -2.29. The van der Waals surface area contributed by atoms with Crippen LogP contribution in [0.3, 0.4) is 0 Å². The van der Waals surface area contributed by atoms with Crippen molar-refractivity contribution in [2.24, 2.45) is 5.73 Å². The van der Waals surface area contributed by atoms with Crippen LogP contribution in [-0.2, 0) is 10.0 Å². The first-order chi connectivity index (χ1) is 12.6. The molecule has 0 aliphatic carbocycles. The molecule has 1 aromatic carbocycles. The van der Waals surface area contributed by atoms with Crippen LogP contribution in [0.2, 0.25) is 0 Å². The number of nitrogens with zero attached hydrogens (tertiary/aromatic N) is 2. The first kappa shape index (κ1) is 19.2. The van der Waals surface area contributed by atoms with E-state index in [4.69, 9.17) is 5.73 Å². The second kappa shape index (κ2) is 8.43. The normalized spacial score (nSPS) is 19.5. The van der Waals surface area contributed by atoms with Crippen molar-refractivity contribution in [3.8, 4) is 0 Å². The van der Waals surface area contributed by atoms with E-state index in [1.54, 1.807) is 28.8 Å². The largest absolute Gasteiger partial charge is 0.330 e. The maximum absolute atomic E-state index is 13.6. The number of aryl methyl sites for hydroxylation is 1. The number of nitrogens with one attached hydrogen (secondary N) is 1. The number of hydrogen-bond acceptors (Lipinski definition) is 5. The van der Waals surface area contributed by atoms with Crippen molar-refractivity contribution in [3.05, 3.63) is 36.2 Å². The second-order valence-electron chi connectivity index (χ2n) is 6.92. The molecule has 0 saturated carbocycles. The van der Waals surface area contributed by atoms with Crippen LogP contribution in [0, 0.1) is 6.92 Å². The molecule has 1 aliphatic rings. The van der Waals surface area contributed by atoms with Crippen molar-refractivity contribution >= 4 is 20.8 Å². The lowest BCUT2D eigenvalue weighted by atomic mass is 10.1. The van der Waals surface area contributed by atoms with E-state index in [1.165, 1.54) is 0 Å². The number of unbranched alkanes of at least 4 members (excludes halogenated alkanes) is 1. The van der Waals surface area contributed by atoms with Crippen LogP contribution in [0.25, 0.3) is 10.8 Å². The van der Waals surface area contributed by atoms with Gasteiger partial charge in [0.1, 0.15) is 0 Å². The van der Waals surface area contributed by atoms with E-state index in [2.05, 4.69) is 10.3 Å².